The maximum absolute atomic E-state index is 13.1. The zero-order valence-electron chi connectivity index (χ0n) is 14.0. The summed E-state index contributed by atoms with van der Waals surface area (Å²) in [5, 5.41) is 17.6. The van der Waals surface area contributed by atoms with Gasteiger partial charge in [-0.1, -0.05) is 29.3 Å². The van der Waals surface area contributed by atoms with E-state index in [0.29, 0.717) is 16.5 Å². The van der Waals surface area contributed by atoms with E-state index in [1.165, 1.54) is 6.07 Å². The van der Waals surface area contributed by atoms with Crippen molar-refractivity contribution >= 4 is 34.8 Å². The number of rotatable bonds is 10. The molecule has 2 rings (SSSR count). The summed E-state index contributed by atoms with van der Waals surface area (Å²) in [7, 11) is 0. The molecule has 28 heavy (non-hydrogen) atoms. The number of alkyl halides is 2. The van der Waals surface area contributed by atoms with E-state index >= 15 is 0 Å². The van der Waals surface area contributed by atoms with Crippen molar-refractivity contribution in [3.05, 3.63) is 36.4 Å². The number of ether oxygens (including phenoxy) is 3. The monoisotopic (exact) mass is 420 g/mol. The number of fused-ring (bicyclic) bond motifs is 1. The molecule has 0 aliphatic rings. The highest BCUT2D eigenvalue weighted by Gasteiger charge is 2.44. The van der Waals surface area contributed by atoms with Gasteiger partial charge in [0.1, 0.15) is 36.8 Å². The highest BCUT2D eigenvalue weighted by molar-refractivity contribution is 7.96. The minimum Gasteiger partial charge on any atom is -0.507 e. The molecule has 2 aromatic rings. The first-order chi connectivity index (χ1) is 13.3. The summed E-state index contributed by atoms with van der Waals surface area (Å²) in [6, 6.07) is 9.94. The largest absolute Gasteiger partial charge is 0.507 e. The number of aromatic hydroxyl groups is 1. The van der Waals surface area contributed by atoms with Crippen molar-refractivity contribution in [3.63, 3.8) is 0 Å². The SMILES string of the molecule is O=C(COC(=O)C(F)(F)SOOO)OCCOc1cccc2c(O)cccc12. The van der Waals surface area contributed by atoms with Crippen molar-refractivity contribution in [2.75, 3.05) is 19.8 Å². The predicted octanol–water partition coefficient (Wildman–Crippen LogP) is 2.67. The quantitative estimate of drug-likeness (QED) is 0.195. The lowest BCUT2D eigenvalue weighted by molar-refractivity contribution is -0.433. The van der Waals surface area contributed by atoms with Crippen molar-refractivity contribution in [2.24, 2.45) is 0 Å². The lowest BCUT2D eigenvalue weighted by Gasteiger charge is -2.12. The summed E-state index contributed by atoms with van der Waals surface area (Å²) in [6.07, 6.45) is 0. The average molecular weight is 420 g/mol. The molecular weight excluding hydrogens is 406 g/mol. The maximum atomic E-state index is 13.1. The summed E-state index contributed by atoms with van der Waals surface area (Å²) < 4.78 is 43.9. The van der Waals surface area contributed by atoms with Gasteiger partial charge in [0, 0.05) is 10.8 Å². The van der Waals surface area contributed by atoms with Crippen molar-refractivity contribution in [2.45, 2.75) is 5.25 Å². The number of hydrogen-bond donors (Lipinski definition) is 2. The Labute approximate surface area is 160 Å². The first kappa shape index (κ1) is 21.6. The fourth-order valence-electron chi connectivity index (χ4n) is 2.04. The van der Waals surface area contributed by atoms with Crippen LogP contribution in [0, 0.1) is 0 Å². The molecule has 0 aromatic heterocycles. The van der Waals surface area contributed by atoms with Gasteiger partial charge in [-0.3, -0.25) is 0 Å². The molecule has 0 bridgehead atoms. The lowest BCUT2D eigenvalue weighted by Crippen LogP contribution is -2.30. The number of carbonyl (C=O) groups excluding carboxylic acids is 2. The van der Waals surface area contributed by atoms with Gasteiger partial charge in [0.25, 0.3) is 0 Å². The molecule has 0 saturated carbocycles. The normalized spacial score (nSPS) is 11.2. The van der Waals surface area contributed by atoms with E-state index in [0.717, 1.165) is 0 Å². The van der Waals surface area contributed by atoms with Crippen LogP contribution >= 0.6 is 12.0 Å². The van der Waals surface area contributed by atoms with Crippen LogP contribution in [-0.4, -0.2) is 47.4 Å². The third-order valence-electron chi connectivity index (χ3n) is 3.19. The number of phenolic OH excluding ortho intramolecular Hbond substituents is 1. The second-order valence-electron chi connectivity index (χ2n) is 5.02. The van der Waals surface area contributed by atoms with Gasteiger partial charge >= 0.3 is 17.2 Å². The number of carbonyl (C=O) groups is 2. The second kappa shape index (κ2) is 10.0. The van der Waals surface area contributed by atoms with Crippen molar-refractivity contribution in [1.29, 1.82) is 0 Å². The molecule has 0 amide bonds. The molecule has 2 N–H and O–H groups in total. The van der Waals surface area contributed by atoms with E-state index in [4.69, 9.17) is 14.7 Å². The van der Waals surface area contributed by atoms with Crippen molar-refractivity contribution in [1.82, 2.24) is 0 Å². The Kier molecular flexibility index (Phi) is 7.75. The molecule has 0 heterocycles. The van der Waals surface area contributed by atoms with E-state index in [2.05, 4.69) is 14.1 Å². The summed E-state index contributed by atoms with van der Waals surface area (Å²) in [4.78, 5) is 22.5. The Morgan fingerprint density at radius 1 is 1.04 bits per heavy atom. The minimum atomic E-state index is -4.20. The first-order valence-corrected chi connectivity index (χ1v) is 8.29. The maximum Gasteiger partial charge on any atom is 0.415 e. The minimum absolute atomic E-state index is 0.0673. The molecule has 0 aliphatic carbocycles. The molecule has 0 spiro atoms. The Hall–Kier alpha value is -2.67. The molecule has 12 heteroatoms. The van der Waals surface area contributed by atoms with Crippen LogP contribution in [0.1, 0.15) is 0 Å². The van der Waals surface area contributed by atoms with Crippen LogP contribution in [0.2, 0.25) is 0 Å². The van der Waals surface area contributed by atoms with Crippen LogP contribution < -0.4 is 4.74 Å². The molecule has 0 atom stereocenters. The Morgan fingerprint density at radius 2 is 1.75 bits per heavy atom. The van der Waals surface area contributed by atoms with Gasteiger partial charge in [-0.2, -0.15) is 8.78 Å². The summed E-state index contributed by atoms with van der Waals surface area (Å²) in [5.74, 6) is -2.63. The fourth-order valence-corrected chi connectivity index (χ4v) is 2.28. The standard InChI is InChI=1S/C16H14F2O9S/c17-16(18,28-27-26-22)15(21)25-9-14(20)24-8-7-23-13-6-2-3-10-11(13)4-1-5-12(10)19/h1-6,19,22H,7-9H2. The van der Waals surface area contributed by atoms with Crippen molar-refractivity contribution in [3.8, 4) is 11.5 Å². The van der Waals surface area contributed by atoms with Crippen LogP contribution in [0.3, 0.4) is 0 Å². The molecule has 0 fully saturated rings. The predicted molar refractivity (Wildman–Crippen MR) is 90.4 cm³/mol. The molecule has 0 radical (unpaired) electrons. The molecule has 2 aromatic carbocycles. The van der Waals surface area contributed by atoms with Gasteiger partial charge in [0.15, 0.2) is 6.61 Å². The van der Waals surface area contributed by atoms with Gasteiger partial charge in [-0.05, 0) is 12.1 Å². The van der Waals surface area contributed by atoms with Crippen LogP contribution in [0.5, 0.6) is 11.5 Å². The molecule has 152 valence electrons. The van der Waals surface area contributed by atoms with E-state index in [1.54, 1.807) is 30.3 Å². The van der Waals surface area contributed by atoms with Crippen molar-refractivity contribution < 1.29 is 52.3 Å². The molecule has 0 aliphatic heterocycles. The van der Waals surface area contributed by atoms with Crippen LogP contribution in [0.15, 0.2) is 36.4 Å². The van der Waals surface area contributed by atoms with E-state index < -0.39 is 35.8 Å². The third kappa shape index (κ3) is 5.92. The molecule has 0 saturated heterocycles. The van der Waals surface area contributed by atoms with Gasteiger partial charge in [-0.25, -0.2) is 14.8 Å². The molecule has 9 nitrogen and oxygen atoms in total. The smallest absolute Gasteiger partial charge is 0.415 e. The number of hydrogen-bond acceptors (Lipinski definition) is 10. The third-order valence-corrected chi connectivity index (χ3v) is 3.70. The van der Waals surface area contributed by atoms with Crippen LogP contribution in [-0.2, 0) is 28.4 Å². The lowest BCUT2D eigenvalue weighted by atomic mass is 10.1. The summed E-state index contributed by atoms with van der Waals surface area (Å²) in [6.45, 7) is -1.36. The van der Waals surface area contributed by atoms with Gasteiger partial charge in [0.2, 0.25) is 0 Å². The Balaban J connectivity index is 1.75. The van der Waals surface area contributed by atoms with Crippen LogP contribution in [0.25, 0.3) is 10.8 Å². The summed E-state index contributed by atoms with van der Waals surface area (Å²) in [5.41, 5.74) is 0. The Morgan fingerprint density at radius 3 is 2.50 bits per heavy atom. The zero-order chi connectivity index (χ0) is 20.6. The molecule has 0 unspecified atom stereocenters. The van der Waals surface area contributed by atoms with E-state index in [-0.39, 0.29) is 19.0 Å². The second-order valence-corrected chi connectivity index (χ2v) is 5.83. The zero-order valence-corrected chi connectivity index (χ0v) is 14.8. The number of esters is 2. The van der Waals surface area contributed by atoms with Gasteiger partial charge < -0.3 is 19.3 Å². The average Bonchev–Trinajstić information content (AvgIpc) is 2.68. The number of benzene rings is 2. The van der Waals surface area contributed by atoms with Gasteiger partial charge in [-0.15, -0.1) is 4.33 Å². The Bertz CT molecular complexity index is 831. The fraction of sp³-hybridized carbons (Fsp3) is 0.250. The van der Waals surface area contributed by atoms with E-state index in [1.807, 2.05) is 0 Å². The first-order valence-electron chi connectivity index (χ1n) is 7.55. The highest BCUT2D eigenvalue weighted by Crippen LogP contribution is 2.32. The number of phenols is 1. The summed E-state index contributed by atoms with van der Waals surface area (Å²) >= 11 is -0.811. The van der Waals surface area contributed by atoms with E-state index in [9.17, 15) is 23.5 Å². The number of halogens is 2. The molecular formula is C16H14F2O9S. The van der Waals surface area contributed by atoms with Crippen LogP contribution in [0.4, 0.5) is 8.78 Å². The highest BCUT2D eigenvalue weighted by atomic mass is 32.2. The topological polar surface area (TPSA) is 121 Å². The van der Waals surface area contributed by atoms with Gasteiger partial charge in [0.05, 0.1) is 0 Å².